The maximum absolute atomic E-state index is 13.7. The highest BCUT2D eigenvalue weighted by Crippen LogP contribution is 2.39. The van der Waals surface area contributed by atoms with Crippen molar-refractivity contribution in [3.05, 3.63) is 24.0 Å². The molecule has 1 aromatic rings. The van der Waals surface area contributed by atoms with Gasteiger partial charge >= 0.3 is 0 Å². The van der Waals surface area contributed by atoms with Crippen LogP contribution in [0.5, 0.6) is 5.75 Å². The second-order valence-electron chi connectivity index (χ2n) is 5.97. The zero-order chi connectivity index (χ0) is 13.6. The van der Waals surface area contributed by atoms with E-state index in [1.807, 2.05) is 27.7 Å². The fourth-order valence-corrected chi connectivity index (χ4v) is 2.46. The van der Waals surface area contributed by atoms with Crippen LogP contribution in [0.2, 0.25) is 0 Å². The third-order valence-electron chi connectivity index (χ3n) is 3.22. The molecule has 0 bridgehead atoms. The molecule has 0 radical (unpaired) electrons. The average molecular weight is 253 g/mol. The first-order chi connectivity index (χ1) is 8.20. The Kier molecular flexibility index (Phi) is 3.01. The van der Waals surface area contributed by atoms with Crippen LogP contribution in [0.1, 0.15) is 34.1 Å². The monoisotopic (exact) mass is 253 g/mol. The number of halogens is 1. The Labute approximate surface area is 107 Å². The van der Waals surface area contributed by atoms with E-state index in [0.29, 0.717) is 5.69 Å². The molecule has 0 aromatic heterocycles. The number of hydrogen-bond donors (Lipinski definition) is 1. The summed E-state index contributed by atoms with van der Waals surface area (Å²) in [6, 6.07) is 4.46. The van der Waals surface area contributed by atoms with Crippen molar-refractivity contribution in [2.75, 3.05) is 5.73 Å². The molecule has 2 rings (SSSR count). The summed E-state index contributed by atoms with van der Waals surface area (Å²) in [5.74, 6) is -0.209. The number of rotatable bonds is 2. The standard InChI is InChI=1S/C14H20FNO2/c1-13(2)8-12(14(3,4)18-13)17-11-6-5-9(16)7-10(11)15/h5-7,12H,8,16H2,1-4H3. The van der Waals surface area contributed by atoms with Crippen LogP contribution in [0, 0.1) is 5.82 Å². The number of ether oxygens (including phenoxy) is 2. The van der Waals surface area contributed by atoms with E-state index in [-0.39, 0.29) is 17.5 Å². The van der Waals surface area contributed by atoms with Crippen molar-refractivity contribution < 1.29 is 13.9 Å². The summed E-state index contributed by atoms with van der Waals surface area (Å²) in [7, 11) is 0. The van der Waals surface area contributed by atoms with Gasteiger partial charge in [0.05, 0.1) is 5.60 Å². The SMILES string of the molecule is CC1(C)CC(Oc2ccc(N)cc2F)C(C)(C)O1. The fourth-order valence-electron chi connectivity index (χ4n) is 2.46. The molecular weight excluding hydrogens is 233 g/mol. The van der Waals surface area contributed by atoms with Crippen LogP contribution in [0.15, 0.2) is 18.2 Å². The Morgan fingerprint density at radius 2 is 2.00 bits per heavy atom. The Bertz CT molecular complexity index is 457. The highest BCUT2D eigenvalue weighted by atomic mass is 19.1. The summed E-state index contributed by atoms with van der Waals surface area (Å²) in [6.45, 7) is 7.94. The second-order valence-corrected chi connectivity index (χ2v) is 5.97. The van der Waals surface area contributed by atoms with Crippen LogP contribution in [0.4, 0.5) is 10.1 Å². The lowest BCUT2D eigenvalue weighted by Crippen LogP contribution is -2.36. The molecule has 18 heavy (non-hydrogen) atoms. The van der Waals surface area contributed by atoms with Gasteiger partial charge in [0.25, 0.3) is 0 Å². The van der Waals surface area contributed by atoms with Crippen LogP contribution >= 0.6 is 0 Å². The summed E-state index contributed by atoms with van der Waals surface area (Å²) in [5, 5.41) is 0. The minimum absolute atomic E-state index is 0.175. The van der Waals surface area contributed by atoms with Gasteiger partial charge in [-0.25, -0.2) is 4.39 Å². The molecule has 2 N–H and O–H groups in total. The molecule has 0 aliphatic carbocycles. The Morgan fingerprint density at radius 1 is 1.33 bits per heavy atom. The highest BCUT2D eigenvalue weighted by Gasteiger charge is 2.47. The smallest absolute Gasteiger partial charge is 0.167 e. The Morgan fingerprint density at radius 3 is 2.50 bits per heavy atom. The molecule has 1 aliphatic heterocycles. The summed E-state index contributed by atoms with van der Waals surface area (Å²) >= 11 is 0. The van der Waals surface area contributed by atoms with Gasteiger partial charge in [-0.3, -0.25) is 0 Å². The minimum atomic E-state index is -0.435. The van der Waals surface area contributed by atoms with Gasteiger partial charge in [-0.05, 0) is 39.8 Å². The predicted octanol–water partition coefficient (Wildman–Crippen LogP) is 3.13. The van der Waals surface area contributed by atoms with Gasteiger partial charge < -0.3 is 15.2 Å². The molecule has 1 atom stereocenters. The number of hydrogen-bond acceptors (Lipinski definition) is 3. The summed E-state index contributed by atoms with van der Waals surface area (Å²) < 4.78 is 25.4. The summed E-state index contributed by atoms with van der Waals surface area (Å²) in [5.41, 5.74) is 5.22. The maximum Gasteiger partial charge on any atom is 0.167 e. The van der Waals surface area contributed by atoms with E-state index in [1.54, 1.807) is 12.1 Å². The molecule has 100 valence electrons. The van der Waals surface area contributed by atoms with E-state index in [4.69, 9.17) is 15.2 Å². The maximum atomic E-state index is 13.7. The van der Waals surface area contributed by atoms with E-state index in [2.05, 4.69) is 0 Å². The molecule has 1 fully saturated rings. The van der Waals surface area contributed by atoms with Crippen molar-refractivity contribution in [1.29, 1.82) is 0 Å². The van der Waals surface area contributed by atoms with Gasteiger partial charge in [-0.15, -0.1) is 0 Å². The fraction of sp³-hybridized carbons (Fsp3) is 0.571. The number of anilines is 1. The lowest BCUT2D eigenvalue weighted by Gasteiger charge is -2.27. The molecule has 0 spiro atoms. The first-order valence-electron chi connectivity index (χ1n) is 6.11. The van der Waals surface area contributed by atoms with Gasteiger partial charge in [0.15, 0.2) is 11.6 Å². The van der Waals surface area contributed by atoms with Crippen molar-refractivity contribution in [3.8, 4) is 5.75 Å². The van der Waals surface area contributed by atoms with Gasteiger partial charge in [0.1, 0.15) is 11.7 Å². The highest BCUT2D eigenvalue weighted by molar-refractivity contribution is 5.43. The molecule has 0 saturated carbocycles. The van der Waals surface area contributed by atoms with Crippen LogP contribution < -0.4 is 10.5 Å². The normalized spacial score (nSPS) is 25.1. The molecule has 1 unspecified atom stereocenters. The summed E-state index contributed by atoms with van der Waals surface area (Å²) in [6.07, 6.45) is 0.551. The predicted molar refractivity (Wildman–Crippen MR) is 69.1 cm³/mol. The van der Waals surface area contributed by atoms with Crippen LogP contribution in [-0.4, -0.2) is 17.3 Å². The first kappa shape index (κ1) is 13.1. The van der Waals surface area contributed by atoms with Crippen LogP contribution in [0.3, 0.4) is 0 Å². The van der Waals surface area contributed by atoms with E-state index in [9.17, 15) is 4.39 Å². The lowest BCUT2D eigenvalue weighted by molar-refractivity contribution is -0.0849. The number of nitrogens with two attached hydrogens (primary N) is 1. The third kappa shape index (κ3) is 2.58. The van der Waals surface area contributed by atoms with Gasteiger partial charge in [0, 0.05) is 18.2 Å². The van der Waals surface area contributed by atoms with E-state index < -0.39 is 11.4 Å². The Hall–Kier alpha value is -1.29. The van der Waals surface area contributed by atoms with Gasteiger partial charge in [-0.2, -0.15) is 0 Å². The third-order valence-corrected chi connectivity index (χ3v) is 3.22. The molecule has 1 saturated heterocycles. The molecular formula is C14H20FNO2. The van der Waals surface area contributed by atoms with Crippen molar-refractivity contribution in [2.24, 2.45) is 0 Å². The van der Waals surface area contributed by atoms with E-state index >= 15 is 0 Å². The molecule has 0 amide bonds. The van der Waals surface area contributed by atoms with Crippen molar-refractivity contribution >= 4 is 5.69 Å². The van der Waals surface area contributed by atoms with Crippen LogP contribution in [0.25, 0.3) is 0 Å². The Balaban J connectivity index is 2.19. The zero-order valence-corrected chi connectivity index (χ0v) is 11.3. The molecule has 1 aromatic carbocycles. The summed E-state index contributed by atoms with van der Waals surface area (Å²) in [4.78, 5) is 0. The average Bonchev–Trinajstić information content (AvgIpc) is 2.39. The first-order valence-corrected chi connectivity index (χ1v) is 6.11. The quantitative estimate of drug-likeness (QED) is 0.823. The lowest BCUT2D eigenvalue weighted by atomic mass is 9.97. The van der Waals surface area contributed by atoms with Crippen molar-refractivity contribution in [3.63, 3.8) is 0 Å². The zero-order valence-electron chi connectivity index (χ0n) is 11.3. The van der Waals surface area contributed by atoms with E-state index in [0.717, 1.165) is 6.42 Å². The van der Waals surface area contributed by atoms with E-state index in [1.165, 1.54) is 6.07 Å². The largest absolute Gasteiger partial charge is 0.484 e. The van der Waals surface area contributed by atoms with Crippen molar-refractivity contribution in [1.82, 2.24) is 0 Å². The van der Waals surface area contributed by atoms with Gasteiger partial charge in [0.2, 0.25) is 0 Å². The topological polar surface area (TPSA) is 44.5 Å². The van der Waals surface area contributed by atoms with Gasteiger partial charge in [-0.1, -0.05) is 0 Å². The van der Waals surface area contributed by atoms with Crippen LogP contribution in [-0.2, 0) is 4.74 Å². The molecule has 1 heterocycles. The number of nitrogen functional groups attached to an aromatic ring is 1. The molecule has 3 nitrogen and oxygen atoms in total. The minimum Gasteiger partial charge on any atom is -0.484 e. The molecule has 4 heteroatoms. The van der Waals surface area contributed by atoms with Crippen molar-refractivity contribution in [2.45, 2.75) is 51.4 Å². The second kappa shape index (κ2) is 4.12. The number of benzene rings is 1. The molecule has 1 aliphatic rings.